The van der Waals surface area contributed by atoms with Crippen molar-refractivity contribution < 1.29 is 18.9 Å². The highest BCUT2D eigenvalue weighted by Gasteiger charge is 2.27. The molecule has 4 heteroatoms. The average Bonchev–Trinajstić information content (AvgIpc) is 3.20. The molecular formula is C13H24O4. The van der Waals surface area contributed by atoms with E-state index in [4.69, 9.17) is 18.9 Å². The number of hydrogen-bond acceptors (Lipinski definition) is 4. The summed E-state index contributed by atoms with van der Waals surface area (Å²) in [7, 11) is 0. The molecule has 17 heavy (non-hydrogen) atoms. The van der Waals surface area contributed by atoms with Gasteiger partial charge in [-0.1, -0.05) is 26.2 Å². The van der Waals surface area contributed by atoms with E-state index in [2.05, 4.69) is 6.92 Å². The molecule has 2 rings (SSSR count). The third kappa shape index (κ3) is 6.36. The van der Waals surface area contributed by atoms with Crippen LogP contribution >= 0.6 is 0 Å². The molecule has 0 bridgehead atoms. The van der Waals surface area contributed by atoms with Gasteiger partial charge in [0.15, 0.2) is 6.29 Å². The van der Waals surface area contributed by atoms with Gasteiger partial charge in [-0.05, 0) is 12.8 Å². The van der Waals surface area contributed by atoms with Crippen molar-refractivity contribution in [3.63, 3.8) is 0 Å². The summed E-state index contributed by atoms with van der Waals surface area (Å²) in [6.45, 7) is 5.25. The molecule has 0 amide bonds. The van der Waals surface area contributed by atoms with E-state index in [0.29, 0.717) is 25.4 Å². The van der Waals surface area contributed by atoms with Crippen LogP contribution in [0.2, 0.25) is 0 Å². The summed E-state index contributed by atoms with van der Waals surface area (Å²) in [5.41, 5.74) is 0. The van der Waals surface area contributed by atoms with Crippen LogP contribution in [-0.4, -0.2) is 44.9 Å². The van der Waals surface area contributed by atoms with Crippen molar-refractivity contribution in [2.45, 2.75) is 57.5 Å². The minimum atomic E-state index is -0.0692. The van der Waals surface area contributed by atoms with Gasteiger partial charge < -0.3 is 18.9 Å². The lowest BCUT2D eigenvalue weighted by Gasteiger charge is -2.17. The smallest absolute Gasteiger partial charge is 0.157 e. The molecule has 100 valence electrons. The van der Waals surface area contributed by atoms with Crippen LogP contribution in [0.3, 0.4) is 0 Å². The Morgan fingerprint density at radius 1 is 1.00 bits per heavy atom. The third-order valence-corrected chi connectivity index (χ3v) is 3.03. The lowest BCUT2D eigenvalue weighted by molar-refractivity contribution is -0.151. The molecule has 2 fully saturated rings. The van der Waals surface area contributed by atoms with Crippen LogP contribution < -0.4 is 0 Å². The van der Waals surface area contributed by atoms with Crippen LogP contribution in [0.4, 0.5) is 0 Å². The standard InChI is InChI=1S/C13H24O4/c1-2-3-4-5-6-13(16-9-11-7-14-11)17-10-12-8-15-12/h11-13H,2-10H2,1H3. The van der Waals surface area contributed by atoms with E-state index < -0.39 is 0 Å². The van der Waals surface area contributed by atoms with E-state index in [-0.39, 0.29) is 6.29 Å². The first-order valence-electron chi connectivity index (χ1n) is 6.85. The molecule has 2 atom stereocenters. The van der Waals surface area contributed by atoms with Crippen molar-refractivity contribution in [1.82, 2.24) is 0 Å². The topological polar surface area (TPSA) is 43.5 Å². The first-order valence-corrected chi connectivity index (χ1v) is 6.85. The molecule has 0 aliphatic carbocycles. The SMILES string of the molecule is CCCCCCC(OCC1CO1)OCC1CO1. The van der Waals surface area contributed by atoms with Gasteiger partial charge in [-0.3, -0.25) is 0 Å². The zero-order chi connectivity index (χ0) is 11.9. The Morgan fingerprint density at radius 2 is 1.59 bits per heavy atom. The molecular weight excluding hydrogens is 220 g/mol. The van der Waals surface area contributed by atoms with E-state index in [1.807, 2.05) is 0 Å². The van der Waals surface area contributed by atoms with Gasteiger partial charge in [-0.2, -0.15) is 0 Å². The number of unbranched alkanes of at least 4 members (excludes halogenated alkanes) is 3. The highest BCUT2D eigenvalue weighted by Crippen LogP contribution is 2.16. The van der Waals surface area contributed by atoms with Crippen LogP contribution in [0.5, 0.6) is 0 Å². The number of epoxide rings is 2. The Bertz CT molecular complexity index is 186. The fourth-order valence-electron chi connectivity index (χ4n) is 1.71. The Balaban J connectivity index is 1.54. The molecule has 0 saturated carbocycles. The monoisotopic (exact) mass is 244 g/mol. The van der Waals surface area contributed by atoms with E-state index in [0.717, 1.165) is 19.6 Å². The number of ether oxygens (including phenoxy) is 4. The maximum Gasteiger partial charge on any atom is 0.157 e. The third-order valence-electron chi connectivity index (χ3n) is 3.03. The van der Waals surface area contributed by atoms with Crippen LogP contribution in [0.1, 0.15) is 39.0 Å². The van der Waals surface area contributed by atoms with Gasteiger partial charge in [-0.15, -0.1) is 0 Å². The molecule has 0 aromatic heterocycles. The molecule has 0 radical (unpaired) electrons. The molecule has 0 N–H and O–H groups in total. The van der Waals surface area contributed by atoms with Crippen molar-refractivity contribution in [2.75, 3.05) is 26.4 Å². The Kier molecular flexibility index (Phi) is 5.71. The Morgan fingerprint density at radius 3 is 2.06 bits per heavy atom. The molecule has 2 heterocycles. The second-order valence-electron chi connectivity index (χ2n) is 4.86. The maximum atomic E-state index is 5.72. The summed E-state index contributed by atoms with van der Waals surface area (Å²) in [5, 5.41) is 0. The largest absolute Gasteiger partial charge is 0.371 e. The van der Waals surface area contributed by atoms with Gasteiger partial charge in [0.05, 0.1) is 26.4 Å². The van der Waals surface area contributed by atoms with E-state index in [1.165, 1.54) is 25.7 Å². The molecule has 0 spiro atoms. The second kappa shape index (κ2) is 7.31. The summed E-state index contributed by atoms with van der Waals surface area (Å²) in [6, 6.07) is 0. The molecule has 2 saturated heterocycles. The highest BCUT2D eigenvalue weighted by atomic mass is 16.7. The molecule has 2 unspecified atom stereocenters. The summed E-state index contributed by atoms with van der Waals surface area (Å²) in [4.78, 5) is 0. The predicted octanol–water partition coefficient (Wildman–Crippen LogP) is 2.11. The minimum absolute atomic E-state index is 0.0692. The van der Waals surface area contributed by atoms with E-state index in [1.54, 1.807) is 0 Å². The average molecular weight is 244 g/mol. The lowest BCUT2D eigenvalue weighted by Crippen LogP contribution is -2.22. The van der Waals surface area contributed by atoms with E-state index >= 15 is 0 Å². The van der Waals surface area contributed by atoms with Crippen LogP contribution in [-0.2, 0) is 18.9 Å². The predicted molar refractivity (Wildman–Crippen MR) is 63.9 cm³/mol. The first-order chi connectivity index (χ1) is 8.38. The zero-order valence-electron chi connectivity index (χ0n) is 10.7. The Labute approximate surface area is 104 Å². The fraction of sp³-hybridized carbons (Fsp3) is 1.00. The van der Waals surface area contributed by atoms with E-state index in [9.17, 15) is 0 Å². The van der Waals surface area contributed by atoms with Gasteiger partial charge in [-0.25, -0.2) is 0 Å². The van der Waals surface area contributed by atoms with Gasteiger partial charge in [0.2, 0.25) is 0 Å². The molecule has 0 aromatic carbocycles. The quantitative estimate of drug-likeness (QED) is 0.317. The van der Waals surface area contributed by atoms with Gasteiger partial charge in [0, 0.05) is 0 Å². The normalized spacial score (nSPS) is 28.1. The second-order valence-corrected chi connectivity index (χ2v) is 4.86. The summed E-state index contributed by atoms with van der Waals surface area (Å²) in [5.74, 6) is 0. The lowest BCUT2D eigenvalue weighted by atomic mass is 10.1. The number of hydrogen-bond donors (Lipinski definition) is 0. The van der Waals surface area contributed by atoms with Gasteiger partial charge >= 0.3 is 0 Å². The van der Waals surface area contributed by atoms with Crippen molar-refractivity contribution in [3.05, 3.63) is 0 Å². The van der Waals surface area contributed by atoms with Crippen molar-refractivity contribution in [1.29, 1.82) is 0 Å². The van der Waals surface area contributed by atoms with Crippen LogP contribution in [0.25, 0.3) is 0 Å². The summed E-state index contributed by atoms with van der Waals surface area (Å²) < 4.78 is 21.7. The number of rotatable bonds is 11. The van der Waals surface area contributed by atoms with Crippen LogP contribution in [0, 0.1) is 0 Å². The van der Waals surface area contributed by atoms with Crippen molar-refractivity contribution in [3.8, 4) is 0 Å². The molecule has 4 nitrogen and oxygen atoms in total. The zero-order valence-corrected chi connectivity index (χ0v) is 10.7. The maximum absolute atomic E-state index is 5.72. The minimum Gasteiger partial charge on any atom is -0.371 e. The highest BCUT2D eigenvalue weighted by molar-refractivity contribution is 4.69. The van der Waals surface area contributed by atoms with Gasteiger partial charge in [0.25, 0.3) is 0 Å². The van der Waals surface area contributed by atoms with Crippen LogP contribution in [0.15, 0.2) is 0 Å². The summed E-state index contributed by atoms with van der Waals surface area (Å²) in [6.07, 6.45) is 6.54. The Hall–Kier alpha value is -0.160. The van der Waals surface area contributed by atoms with Crippen molar-refractivity contribution >= 4 is 0 Å². The first kappa shape index (κ1) is 13.3. The van der Waals surface area contributed by atoms with Crippen molar-refractivity contribution in [2.24, 2.45) is 0 Å². The fourth-order valence-corrected chi connectivity index (χ4v) is 1.71. The van der Waals surface area contributed by atoms with Gasteiger partial charge in [0.1, 0.15) is 12.2 Å². The molecule has 2 aliphatic rings. The molecule has 2 aliphatic heterocycles. The summed E-state index contributed by atoms with van der Waals surface area (Å²) >= 11 is 0. The molecule has 0 aromatic rings.